The van der Waals surface area contributed by atoms with Crippen molar-refractivity contribution in [3.8, 4) is 11.5 Å². The molecule has 5 nitrogen and oxygen atoms in total. The lowest BCUT2D eigenvalue weighted by atomic mass is 10.0. The van der Waals surface area contributed by atoms with Crippen LogP contribution in [0.25, 0.3) is 0 Å². The molecule has 2 N–H and O–H groups in total. The topological polar surface area (TPSA) is 59.6 Å². The van der Waals surface area contributed by atoms with E-state index in [-0.39, 0.29) is 18.3 Å². The van der Waals surface area contributed by atoms with E-state index in [4.69, 9.17) is 9.47 Å². The molecule has 1 aromatic rings. The molecule has 1 aromatic carbocycles. The summed E-state index contributed by atoms with van der Waals surface area (Å²) < 4.78 is 10.6. The summed E-state index contributed by atoms with van der Waals surface area (Å²) in [5, 5.41) is 5.81. The Morgan fingerprint density at radius 2 is 2.00 bits per heavy atom. The molecular weight excluding hydrogens is 292 g/mol. The van der Waals surface area contributed by atoms with Gasteiger partial charge in [0.05, 0.1) is 14.2 Å². The Balaban J connectivity index is 0.00000400. The van der Waals surface area contributed by atoms with Gasteiger partial charge in [-0.05, 0) is 25.6 Å². The molecule has 0 fully saturated rings. The molecule has 0 heterocycles. The summed E-state index contributed by atoms with van der Waals surface area (Å²) in [6, 6.07) is 3.48. The van der Waals surface area contributed by atoms with Crippen LogP contribution in [0, 0.1) is 0 Å². The fraction of sp³-hybridized carbons (Fsp3) is 0.400. The Morgan fingerprint density at radius 3 is 2.52 bits per heavy atom. The van der Waals surface area contributed by atoms with Crippen molar-refractivity contribution in [1.82, 2.24) is 10.6 Å². The van der Waals surface area contributed by atoms with Crippen molar-refractivity contribution in [2.45, 2.75) is 6.42 Å². The number of likely N-dealkylation sites (N-methyl/N-ethyl adjacent to an activating group) is 1. The first-order valence-corrected chi connectivity index (χ1v) is 6.46. The number of allylic oxidation sites excluding steroid dienone is 1. The Labute approximate surface area is 132 Å². The smallest absolute Gasteiger partial charge is 0.251 e. The van der Waals surface area contributed by atoms with Crippen LogP contribution in [0.1, 0.15) is 15.9 Å². The number of hydrogen-bond acceptors (Lipinski definition) is 4. The second-order valence-electron chi connectivity index (χ2n) is 4.22. The quantitative estimate of drug-likeness (QED) is 0.567. The van der Waals surface area contributed by atoms with Crippen LogP contribution < -0.4 is 20.1 Å². The summed E-state index contributed by atoms with van der Waals surface area (Å²) >= 11 is 0. The van der Waals surface area contributed by atoms with Crippen LogP contribution in [0.15, 0.2) is 24.8 Å². The second-order valence-corrected chi connectivity index (χ2v) is 4.22. The first-order chi connectivity index (χ1) is 9.67. The van der Waals surface area contributed by atoms with Crippen LogP contribution in [0.2, 0.25) is 0 Å². The van der Waals surface area contributed by atoms with E-state index in [9.17, 15) is 4.79 Å². The van der Waals surface area contributed by atoms with Crippen LogP contribution >= 0.6 is 12.4 Å². The predicted molar refractivity (Wildman–Crippen MR) is 87.0 cm³/mol. The van der Waals surface area contributed by atoms with Gasteiger partial charge < -0.3 is 20.1 Å². The Hall–Kier alpha value is -1.72. The summed E-state index contributed by atoms with van der Waals surface area (Å²) in [6.07, 6.45) is 2.37. The second kappa shape index (κ2) is 10.1. The van der Waals surface area contributed by atoms with E-state index >= 15 is 0 Å². The average Bonchev–Trinajstić information content (AvgIpc) is 2.46. The van der Waals surface area contributed by atoms with Crippen molar-refractivity contribution in [3.05, 3.63) is 35.9 Å². The zero-order valence-electron chi connectivity index (χ0n) is 12.7. The molecule has 0 radical (unpaired) electrons. The number of methoxy groups -OCH3 is 2. The number of benzene rings is 1. The number of carbonyl (C=O) groups excluding carboxylic acids is 1. The number of nitrogens with one attached hydrogen (secondary N) is 2. The van der Waals surface area contributed by atoms with Crippen LogP contribution in [0.5, 0.6) is 11.5 Å². The summed E-state index contributed by atoms with van der Waals surface area (Å²) in [6.45, 7) is 5.01. The van der Waals surface area contributed by atoms with Crippen molar-refractivity contribution in [2.24, 2.45) is 0 Å². The molecule has 0 atom stereocenters. The minimum absolute atomic E-state index is 0. The first-order valence-electron chi connectivity index (χ1n) is 6.46. The molecule has 0 saturated heterocycles. The predicted octanol–water partition coefficient (Wildman–Crippen LogP) is 1.80. The van der Waals surface area contributed by atoms with Crippen molar-refractivity contribution in [3.63, 3.8) is 0 Å². The number of hydrogen-bond donors (Lipinski definition) is 2. The fourth-order valence-electron chi connectivity index (χ4n) is 1.88. The first kappa shape index (κ1) is 19.3. The van der Waals surface area contributed by atoms with Gasteiger partial charge in [0.25, 0.3) is 5.91 Å². The van der Waals surface area contributed by atoms with E-state index < -0.39 is 0 Å². The molecular formula is C15H23ClN2O3. The molecule has 6 heteroatoms. The highest BCUT2D eigenvalue weighted by Crippen LogP contribution is 2.33. The Morgan fingerprint density at radius 1 is 1.29 bits per heavy atom. The van der Waals surface area contributed by atoms with Crippen LogP contribution in [0.3, 0.4) is 0 Å². The van der Waals surface area contributed by atoms with E-state index in [1.54, 1.807) is 32.4 Å². The van der Waals surface area contributed by atoms with Gasteiger partial charge in [-0.1, -0.05) is 6.08 Å². The molecule has 0 aromatic heterocycles. The molecule has 1 rings (SSSR count). The third-order valence-corrected chi connectivity index (χ3v) is 2.84. The summed E-state index contributed by atoms with van der Waals surface area (Å²) in [7, 11) is 4.97. The summed E-state index contributed by atoms with van der Waals surface area (Å²) in [5.74, 6) is 1.05. The lowest BCUT2D eigenvalue weighted by molar-refractivity contribution is 0.0953. The highest BCUT2D eigenvalue weighted by molar-refractivity contribution is 5.95. The number of halogens is 1. The van der Waals surface area contributed by atoms with Gasteiger partial charge in [0.15, 0.2) is 11.5 Å². The lowest BCUT2D eigenvalue weighted by Crippen LogP contribution is -2.30. The minimum Gasteiger partial charge on any atom is -0.493 e. The van der Waals surface area contributed by atoms with Crippen LogP contribution in [0.4, 0.5) is 0 Å². The molecule has 1 amide bonds. The maximum absolute atomic E-state index is 12.1. The van der Waals surface area contributed by atoms with Crippen molar-refractivity contribution < 1.29 is 14.3 Å². The van der Waals surface area contributed by atoms with Gasteiger partial charge in [-0.25, -0.2) is 0 Å². The van der Waals surface area contributed by atoms with Gasteiger partial charge >= 0.3 is 0 Å². The normalized spacial score (nSPS) is 9.48. The van der Waals surface area contributed by atoms with Crippen LogP contribution in [-0.4, -0.2) is 40.3 Å². The maximum Gasteiger partial charge on any atom is 0.251 e. The van der Waals surface area contributed by atoms with E-state index in [0.29, 0.717) is 30.0 Å². The van der Waals surface area contributed by atoms with Gasteiger partial charge in [0.1, 0.15) is 0 Å². The number of rotatable bonds is 8. The van der Waals surface area contributed by atoms with Gasteiger partial charge in [-0.2, -0.15) is 0 Å². The molecule has 0 aliphatic carbocycles. The lowest BCUT2D eigenvalue weighted by Gasteiger charge is -2.14. The van der Waals surface area contributed by atoms with E-state index in [0.717, 1.165) is 12.1 Å². The molecule has 0 aliphatic rings. The van der Waals surface area contributed by atoms with Crippen molar-refractivity contribution in [1.29, 1.82) is 0 Å². The SMILES string of the molecule is C=CCc1cc(C(=O)NCCNC)cc(OC)c1OC.Cl. The van der Waals surface area contributed by atoms with E-state index in [1.807, 2.05) is 7.05 Å². The van der Waals surface area contributed by atoms with Gasteiger partial charge in [-0.3, -0.25) is 4.79 Å². The fourth-order valence-corrected chi connectivity index (χ4v) is 1.88. The number of amides is 1. The standard InChI is InChI=1S/C15H22N2O3.ClH/c1-5-6-11-9-12(15(18)17-8-7-16-2)10-13(19-3)14(11)20-4;/h5,9-10,16H,1,6-8H2,2-4H3,(H,17,18);1H. The van der Waals surface area contributed by atoms with E-state index in [2.05, 4.69) is 17.2 Å². The summed E-state index contributed by atoms with van der Waals surface area (Å²) in [5.41, 5.74) is 1.43. The highest BCUT2D eigenvalue weighted by atomic mass is 35.5. The monoisotopic (exact) mass is 314 g/mol. The largest absolute Gasteiger partial charge is 0.493 e. The number of ether oxygens (including phenoxy) is 2. The zero-order valence-corrected chi connectivity index (χ0v) is 13.5. The zero-order chi connectivity index (χ0) is 15.0. The number of carbonyl (C=O) groups is 1. The van der Waals surface area contributed by atoms with Crippen LogP contribution in [-0.2, 0) is 6.42 Å². The minimum atomic E-state index is -0.133. The Kier molecular flexibility index (Phi) is 9.25. The highest BCUT2D eigenvalue weighted by Gasteiger charge is 2.15. The van der Waals surface area contributed by atoms with Crippen molar-refractivity contribution in [2.75, 3.05) is 34.4 Å². The summed E-state index contributed by atoms with van der Waals surface area (Å²) in [4.78, 5) is 12.1. The van der Waals surface area contributed by atoms with Crippen molar-refractivity contribution >= 4 is 18.3 Å². The molecule has 0 bridgehead atoms. The van der Waals surface area contributed by atoms with E-state index in [1.165, 1.54) is 0 Å². The molecule has 21 heavy (non-hydrogen) atoms. The average molecular weight is 315 g/mol. The van der Waals surface area contributed by atoms with Gasteiger partial charge in [0, 0.05) is 24.2 Å². The Bertz CT molecular complexity index is 478. The molecule has 118 valence electrons. The molecule has 0 spiro atoms. The van der Waals surface area contributed by atoms with Gasteiger partial charge in [0.2, 0.25) is 0 Å². The third kappa shape index (κ3) is 5.28. The molecule has 0 aliphatic heterocycles. The van der Waals surface area contributed by atoms with Gasteiger partial charge in [-0.15, -0.1) is 19.0 Å². The molecule has 0 unspecified atom stereocenters. The molecule has 0 saturated carbocycles. The third-order valence-electron chi connectivity index (χ3n) is 2.84. The maximum atomic E-state index is 12.1.